The summed E-state index contributed by atoms with van der Waals surface area (Å²) in [7, 11) is 0. The second kappa shape index (κ2) is 7.20. The van der Waals surface area contributed by atoms with Crippen molar-refractivity contribution in [3.05, 3.63) is 53.8 Å². The second-order valence-electron chi connectivity index (χ2n) is 5.61. The Balaban J connectivity index is 2.16. The fraction of sp³-hybridized carbons (Fsp3) is 0.263. The van der Waals surface area contributed by atoms with E-state index in [0.29, 0.717) is 6.54 Å². The monoisotopic (exact) mass is 328 g/mol. The van der Waals surface area contributed by atoms with Gasteiger partial charge < -0.3 is 10.7 Å². The maximum atomic E-state index is 13.7. The van der Waals surface area contributed by atoms with Crippen molar-refractivity contribution in [1.82, 2.24) is 4.98 Å². The van der Waals surface area contributed by atoms with E-state index in [2.05, 4.69) is 23.4 Å². The van der Waals surface area contributed by atoms with Crippen LogP contribution in [0.5, 0.6) is 0 Å². The molecule has 0 aliphatic heterocycles. The standard InChI is InChI=1S/C19H21FN2S/c1-23-18-8-3-2-7-15(18)19-14(6-4-5-11-21)16-12-13(20)9-10-17(16)22-19/h2-3,7-10,12,22H,4-6,11,21H2,1H3. The fourth-order valence-corrected chi connectivity index (χ4v) is 3.61. The molecule has 120 valence electrons. The summed E-state index contributed by atoms with van der Waals surface area (Å²) in [5.74, 6) is -0.193. The van der Waals surface area contributed by atoms with Crippen molar-refractivity contribution in [3.63, 3.8) is 0 Å². The van der Waals surface area contributed by atoms with Gasteiger partial charge in [-0.15, -0.1) is 11.8 Å². The zero-order valence-corrected chi connectivity index (χ0v) is 14.0. The first kappa shape index (κ1) is 16.1. The lowest BCUT2D eigenvalue weighted by Gasteiger charge is -2.09. The van der Waals surface area contributed by atoms with Crippen LogP contribution in [-0.2, 0) is 6.42 Å². The molecule has 0 spiro atoms. The van der Waals surface area contributed by atoms with Crippen LogP contribution in [0.3, 0.4) is 0 Å². The summed E-state index contributed by atoms with van der Waals surface area (Å²) in [6.45, 7) is 0.688. The Morgan fingerprint density at radius 1 is 1.13 bits per heavy atom. The van der Waals surface area contributed by atoms with Crippen LogP contribution in [0.25, 0.3) is 22.2 Å². The number of benzene rings is 2. The van der Waals surface area contributed by atoms with Gasteiger partial charge in [-0.1, -0.05) is 18.2 Å². The molecule has 1 heterocycles. The van der Waals surface area contributed by atoms with Crippen LogP contribution >= 0.6 is 11.8 Å². The van der Waals surface area contributed by atoms with Gasteiger partial charge in [-0.05, 0) is 61.9 Å². The van der Waals surface area contributed by atoms with Crippen LogP contribution in [0.15, 0.2) is 47.4 Å². The Labute approximate surface area is 140 Å². The molecule has 3 rings (SSSR count). The first-order valence-electron chi connectivity index (χ1n) is 7.88. The van der Waals surface area contributed by atoms with Gasteiger partial charge in [0.05, 0.1) is 5.69 Å². The minimum absolute atomic E-state index is 0.193. The molecule has 23 heavy (non-hydrogen) atoms. The molecule has 0 saturated heterocycles. The summed E-state index contributed by atoms with van der Waals surface area (Å²) < 4.78 is 13.7. The summed E-state index contributed by atoms with van der Waals surface area (Å²) in [6.07, 6.45) is 4.97. The number of hydrogen-bond acceptors (Lipinski definition) is 2. The van der Waals surface area contributed by atoms with E-state index in [1.807, 2.05) is 18.2 Å². The number of fused-ring (bicyclic) bond motifs is 1. The number of H-pyrrole nitrogens is 1. The van der Waals surface area contributed by atoms with Crippen LogP contribution < -0.4 is 5.73 Å². The highest BCUT2D eigenvalue weighted by Gasteiger charge is 2.15. The van der Waals surface area contributed by atoms with E-state index in [4.69, 9.17) is 5.73 Å². The van der Waals surface area contributed by atoms with Crippen LogP contribution in [0.1, 0.15) is 18.4 Å². The largest absolute Gasteiger partial charge is 0.354 e. The third kappa shape index (κ3) is 3.28. The van der Waals surface area contributed by atoms with Crippen molar-refractivity contribution >= 4 is 22.7 Å². The third-order valence-electron chi connectivity index (χ3n) is 4.13. The Bertz CT molecular complexity index is 810. The van der Waals surface area contributed by atoms with Crippen molar-refractivity contribution in [2.45, 2.75) is 24.2 Å². The summed E-state index contributed by atoms with van der Waals surface area (Å²) in [6, 6.07) is 13.3. The second-order valence-corrected chi connectivity index (χ2v) is 6.46. The normalized spacial score (nSPS) is 11.3. The Morgan fingerprint density at radius 2 is 1.96 bits per heavy atom. The quantitative estimate of drug-likeness (QED) is 0.495. The molecule has 0 amide bonds. The number of nitrogens with one attached hydrogen (secondary N) is 1. The van der Waals surface area contributed by atoms with Crippen molar-refractivity contribution < 1.29 is 4.39 Å². The SMILES string of the molecule is CSc1ccccc1-c1[nH]c2ccc(F)cc2c1CCCCN. The lowest BCUT2D eigenvalue weighted by molar-refractivity contribution is 0.629. The first-order chi connectivity index (χ1) is 11.2. The molecule has 3 N–H and O–H groups in total. The van der Waals surface area contributed by atoms with Crippen LogP contribution in [0.2, 0.25) is 0 Å². The molecule has 0 radical (unpaired) electrons. The van der Waals surface area contributed by atoms with Gasteiger partial charge in [-0.3, -0.25) is 0 Å². The highest BCUT2D eigenvalue weighted by atomic mass is 32.2. The summed E-state index contributed by atoms with van der Waals surface area (Å²) in [4.78, 5) is 4.72. The van der Waals surface area contributed by atoms with Gasteiger partial charge in [0.1, 0.15) is 5.82 Å². The van der Waals surface area contributed by atoms with Gasteiger partial charge >= 0.3 is 0 Å². The molecule has 0 unspecified atom stereocenters. The van der Waals surface area contributed by atoms with E-state index >= 15 is 0 Å². The van der Waals surface area contributed by atoms with Gasteiger partial charge in [0.15, 0.2) is 0 Å². The molecule has 1 aromatic heterocycles. The Morgan fingerprint density at radius 3 is 2.74 bits per heavy atom. The molecule has 0 aliphatic carbocycles. The number of unbranched alkanes of at least 4 members (excludes halogenated alkanes) is 1. The van der Waals surface area contributed by atoms with Crippen LogP contribution in [0.4, 0.5) is 4.39 Å². The first-order valence-corrected chi connectivity index (χ1v) is 9.10. The molecule has 0 atom stereocenters. The van der Waals surface area contributed by atoms with Crippen LogP contribution in [-0.4, -0.2) is 17.8 Å². The molecular weight excluding hydrogens is 307 g/mol. The topological polar surface area (TPSA) is 41.8 Å². The fourth-order valence-electron chi connectivity index (χ4n) is 3.01. The van der Waals surface area contributed by atoms with E-state index in [9.17, 15) is 4.39 Å². The number of thioether (sulfide) groups is 1. The number of aromatic amines is 1. The lowest BCUT2D eigenvalue weighted by Crippen LogP contribution is -1.99. The van der Waals surface area contributed by atoms with E-state index in [0.717, 1.165) is 35.9 Å². The van der Waals surface area contributed by atoms with Gasteiger partial charge in [0, 0.05) is 21.4 Å². The average molecular weight is 328 g/mol. The summed E-state index contributed by atoms with van der Waals surface area (Å²) in [5.41, 5.74) is 10.1. The molecule has 0 fully saturated rings. The van der Waals surface area contributed by atoms with Crippen molar-refractivity contribution in [3.8, 4) is 11.3 Å². The zero-order valence-electron chi connectivity index (χ0n) is 13.2. The molecule has 0 saturated carbocycles. The van der Waals surface area contributed by atoms with Gasteiger partial charge in [-0.2, -0.15) is 0 Å². The van der Waals surface area contributed by atoms with Gasteiger partial charge in [-0.25, -0.2) is 4.39 Å². The van der Waals surface area contributed by atoms with Crippen molar-refractivity contribution in [1.29, 1.82) is 0 Å². The van der Waals surface area contributed by atoms with Gasteiger partial charge in [0.2, 0.25) is 0 Å². The number of halogens is 1. The van der Waals surface area contributed by atoms with E-state index in [1.54, 1.807) is 17.8 Å². The Hall–Kier alpha value is -1.78. The van der Waals surface area contributed by atoms with E-state index in [1.165, 1.54) is 22.1 Å². The number of aryl methyl sites for hydroxylation is 1. The molecule has 2 aromatic carbocycles. The van der Waals surface area contributed by atoms with Crippen molar-refractivity contribution in [2.24, 2.45) is 5.73 Å². The number of hydrogen-bond donors (Lipinski definition) is 2. The summed E-state index contributed by atoms with van der Waals surface area (Å²) in [5, 5.41) is 0.980. The van der Waals surface area contributed by atoms with Gasteiger partial charge in [0.25, 0.3) is 0 Å². The van der Waals surface area contributed by atoms with Crippen molar-refractivity contribution in [2.75, 3.05) is 12.8 Å². The highest BCUT2D eigenvalue weighted by molar-refractivity contribution is 7.98. The lowest BCUT2D eigenvalue weighted by atomic mass is 10.00. The molecule has 2 nitrogen and oxygen atoms in total. The number of aromatic nitrogens is 1. The zero-order chi connectivity index (χ0) is 16.2. The molecule has 0 aliphatic rings. The molecular formula is C19H21FN2S. The predicted molar refractivity (Wildman–Crippen MR) is 97.5 cm³/mol. The molecule has 0 bridgehead atoms. The van der Waals surface area contributed by atoms with E-state index < -0.39 is 0 Å². The number of rotatable bonds is 6. The maximum Gasteiger partial charge on any atom is 0.123 e. The minimum atomic E-state index is -0.193. The van der Waals surface area contributed by atoms with Crippen LogP contribution in [0, 0.1) is 5.82 Å². The highest BCUT2D eigenvalue weighted by Crippen LogP contribution is 2.36. The third-order valence-corrected chi connectivity index (χ3v) is 4.92. The Kier molecular flexibility index (Phi) is 5.03. The molecule has 3 aromatic rings. The summed E-state index contributed by atoms with van der Waals surface area (Å²) >= 11 is 1.73. The van der Waals surface area contributed by atoms with E-state index in [-0.39, 0.29) is 5.82 Å². The maximum absolute atomic E-state index is 13.7. The smallest absolute Gasteiger partial charge is 0.123 e. The minimum Gasteiger partial charge on any atom is -0.354 e. The average Bonchev–Trinajstić information content (AvgIpc) is 2.93. The molecule has 4 heteroatoms. The number of nitrogens with two attached hydrogens (primary N) is 1. The predicted octanol–water partition coefficient (Wildman–Crippen LogP) is 4.98.